The second-order valence-corrected chi connectivity index (χ2v) is 7.62. The number of sulfonamides is 1. The molecule has 0 aromatic heterocycles. The van der Waals surface area contributed by atoms with Crippen LogP contribution in [0.3, 0.4) is 0 Å². The number of benzene rings is 3. The van der Waals surface area contributed by atoms with Crippen molar-refractivity contribution >= 4 is 38.2 Å². The summed E-state index contributed by atoms with van der Waals surface area (Å²) in [6.07, 6.45) is 0. The van der Waals surface area contributed by atoms with Crippen LogP contribution in [0, 0.1) is 0 Å². The number of nitrogens with one attached hydrogen (secondary N) is 2. The second kappa shape index (κ2) is 7.56. The molecule has 3 aromatic rings. The third-order valence-electron chi connectivity index (χ3n) is 3.94. The van der Waals surface area contributed by atoms with Crippen molar-refractivity contribution in [2.75, 3.05) is 11.9 Å². The quantitative estimate of drug-likeness (QED) is 0.359. The maximum Gasteiger partial charge on any atom is 0.270 e. The van der Waals surface area contributed by atoms with E-state index in [4.69, 9.17) is 11.1 Å². The highest BCUT2D eigenvalue weighted by molar-refractivity contribution is 7.89. The lowest BCUT2D eigenvalue weighted by atomic mass is 10.1. The Labute approximate surface area is 156 Å². The average Bonchev–Trinajstić information content (AvgIpc) is 2.66. The number of anilines is 1. The molecule has 0 saturated heterocycles. The summed E-state index contributed by atoms with van der Waals surface area (Å²) in [6, 6.07) is 18.8. The predicted octanol–water partition coefficient (Wildman–Crippen LogP) is 0.221. The third-order valence-corrected chi connectivity index (χ3v) is 5.40. The molecule has 0 atom stereocenters. The van der Waals surface area contributed by atoms with E-state index in [-0.39, 0.29) is 10.7 Å². The Balaban J connectivity index is 1.72. The highest BCUT2D eigenvalue weighted by Gasteiger charge is 2.18. The Kier molecular flexibility index (Phi) is 5.20. The fraction of sp³-hybridized carbons (Fsp3) is 0.0526. The van der Waals surface area contributed by atoms with Gasteiger partial charge in [0.2, 0.25) is 15.9 Å². The van der Waals surface area contributed by atoms with Crippen LogP contribution in [-0.2, 0) is 14.8 Å². The first-order valence-corrected chi connectivity index (χ1v) is 9.61. The fourth-order valence-electron chi connectivity index (χ4n) is 2.65. The molecule has 3 aromatic carbocycles. The topological polar surface area (TPSA) is 127 Å². The summed E-state index contributed by atoms with van der Waals surface area (Å²) in [5.41, 5.74) is 6.57. The van der Waals surface area contributed by atoms with Crippen LogP contribution in [0.2, 0.25) is 0 Å². The lowest BCUT2D eigenvalue weighted by Gasteiger charge is -2.10. The van der Waals surface area contributed by atoms with Crippen LogP contribution >= 0.6 is 0 Å². The van der Waals surface area contributed by atoms with E-state index in [0.717, 1.165) is 5.39 Å². The first-order chi connectivity index (χ1) is 12.9. The minimum atomic E-state index is -3.85. The average molecular weight is 383 g/mol. The molecule has 0 fully saturated rings. The Morgan fingerprint density at radius 2 is 1.70 bits per heavy atom. The van der Waals surface area contributed by atoms with Gasteiger partial charge >= 0.3 is 0 Å². The number of amidine groups is 1. The molecule has 0 aliphatic heterocycles. The summed E-state index contributed by atoms with van der Waals surface area (Å²) in [5.74, 6) is -0.380. The number of carbonyl (C=O) groups is 1. The van der Waals surface area contributed by atoms with Crippen molar-refractivity contribution in [3.63, 3.8) is 0 Å². The largest absolute Gasteiger partial charge is 0.325 e. The molecular weight excluding hydrogens is 364 g/mol. The molecule has 0 heterocycles. The number of amides is 1. The SMILES string of the molecule is NC(=[NH2+])c1cccc(NC(=O)CNS(=O)(=O)c2cccc3ccccc23)c1. The lowest BCUT2D eigenvalue weighted by molar-refractivity contribution is -0.115. The standard InChI is InChI=1S/C19H18N4O3S/c20-19(21)14-7-3-8-15(11-14)23-18(24)12-22-27(25,26)17-10-4-6-13-5-1-2-9-16(13)17/h1-11,22H,12H2,(H3,20,21)(H,23,24)/p+1. The molecule has 0 radical (unpaired) electrons. The smallest absolute Gasteiger partial charge is 0.270 e. The summed E-state index contributed by atoms with van der Waals surface area (Å²) in [7, 11) is -3.85. The number of nitrogens with two attached hydrogens (primary N) is 2. The van der Waals surface area contributed by atoms with Gasteiger partial charge in [-0.1, -0.05) is 42.5 Å². The minimum absolute atomic E-state index is 0.126. The van der Waals surface area contributed by atoms with Crippen LogP contribution in [0.5, 0.6) is 0 Å². The van der Waals surface area contributed by atoms with Gasteiger partial charge in [-0.2, -0.15) is 0 Å². The minimum Gasteiger partial charge on any atom is -0.325 e. The van der Waals surface area contributed by atoms with Gasteiger partial charge in [0.25, 0.3) is 5.84 Å². The van der Waals surface area contributed by atoms with Gasteiger partial charge in [0, 0.05) is 11.1 Å². The highest BCUT2D eigenvalue weighted by atomic mass is 32.2. The number of hydrogen-bond donors (Lipinski definition) is 4. The van der Waals surface area contributed by atoms with Crippen molar-refractivity contribution in [3.8, 4) is 0 Å². The molecule has 0 saturated carbocycles. The molecule has 0 aliphatic carbocycles. The van der Waals surface area contributed by atoms with E-state index in [1.165, 1.54) is 6.07 Å². The van der Waals surface area contributed by atoms with Crippen molar-refractivity contribution in [1.29, 1.82) is 0 Å². The molecule has 138 valence electrons. The first kappa shape index (κ1) is 18.6. The normalized spacial score (nSPS) is 11.3. The van der Waals surface area contributed by atoms with Crippen molar-refractivity contribution < 1.29 is 18.6 Å². The number of carbonyl (C=O) groups excluding carboxylic acids is 1. The molecular formula is C19H19N4O3S+. The highest BCUT2D eigenvalue weighted by Crippen LogP contribution is 2.22. The Morgan fingerprint density at radius 3 is 2.48 bits per heavy atom. The van der Waals surface area contributed by atoms with Crippen LogP contribution in [0.4, 0.5) is 5.69 Å². The monoisotopic (exact) mass is 383 g/mol. The summed E-state index contributed by atoms with van der Waals surface area (Å²) >= 11 is 0. The summed E-state index contributed by atoms with van der Waals surface area (Å²) in [6.45, 7) is -0.405. The van der Waals surface area contributed by atoms with E-state index in [0.29, 0.717) is 16.6 Å². The third kappa shape index (κ3) is 4.30. The molecule has 6 N–H and O–H groups in total. The number of hydrogen-bond acceptors (Lipinski definition) is 3. The van der Waals surface area contributed by atoms with Crippen LogP contribution in [0.1, 0.15) is 5.56 Å². The zero-order chi connectivity index (χ0) is 19.4. The molecule has 0 bridgehead atoms. The molecule has 0 aliphatic rings. The fourth-order valence-corrected chi connectivity index (χ4v) is 3.86. The van der Waals surface area contributed by atoms with Gasteiger partial charge in [-0.25, -0.2) is 13.1 Å². The summed E-state index contributed by atoms with van der Waals surface area (Å²) in [4.78, 5) is 12.3. The zero-order valence-corrected chi connectivity index (χ0v) is 15.2. The van der Waals surface area contributed by atoms with Gasteiger partial charge < -0.3 is 5.32 Å². The van der Waals surface area contributed by atoms with Crippen molar-refractivity contribution in [3.05, 3.63) is 72.3 Å². The molecule has 3 rings (SSSR count). The molecule has 0 spiro atoms. The van der Waals surface area contributed by atoms with Gasteiger partial charge in [-0.15, -0.1) is 0 Å². The Hall–Kier alpha value is -3.23. The van der Waals surface area contributed by atoms with Crippen molar-refractivity contribution in [2.45, 2.75) is 4.90 Å². The first-order valence-electron chi connectivity index (χ1n) is 8.12. The maximum atomic E-state index is 12.6. The molecule has 1 amide bonds. The van der Waals surface area contributed by atoms with Crippen molar-refractivity contribution in [2.24, 2.45) is 5.73 Å². The molecule has 27 heavy (non-hydrogen) atoms. The predicted molar refractivity (Wildman–Crippen MR) is 104 cm³/mol. The Morgan fingerprint density at radius 1 is 1.00 bits per heavy atom. The molecule has 8 heteroatoms. The maximum absolute atomic E-state index is 12.6. The summed E-state index contributed by atoms with van der Waals surface area (Å²) in [5, 5.41) is 9.53. The van der Waals surface area contributed by atoms with E-state index in [2.05, 4.69) is 10.0 Å². The van der Waals surface area contributed by atoms with E-state index in [1.54, 1.807) is 42.5 Å². The van der Waals surface area contributed by atoms with Crippen LogP contribution in [0.15, 0.2) is 71.6 Å². The van der Waals surface area contributed by atoms with Crippen LogP contribution in [0.25, 0.3) is 10.8 Å². The van der Waals surface area contributed by atoms with E-state index in [1.807, 2.05) is 18.2 Å². The van der Waals surface area contributed by atoms with E-state index in [9.17, 15) is 13.2 Å². The Bertz CT molecular complexity index is 1120. The van der Waals surface area contributed by atoms with Gasteiger partial charge in [0.15, 0.2) is 0 Å². The van der Waals surface area contributed by atoms with Crippen molar-refractivity contribution in [1.82, 2.24) is 4.72 Å². The van der Waals surface area contributed by atoms with E-state index < -0.39 is 22.5 Å². The van der Waals surface area contributed by atoms with Gasteiger partial charge in [0.1, 0.15) is 0 Å². The molecule has 0 unspecified atom stereocenters. The zero-order valence-electron chi connectivity index (χ0n) is 14.3. The lowest BCUT2D eigenvalue weighted by Crippen LogP contribution is -2.46. The van der Waals surface area contributed by atoms with Gasteiger partial charge in [-0.3, -0.25) is 15.9 Å². The summed E-state index contributed by atoms with van der Waals surface area (Å²) < 4.78 is 27.6. The van der Waals surface area contributed by atoms with Gasteiger partial charge in [0.05, 0.1) is 17.0 Å². The second-order valence-electron chi connectivity index (χ2n) is 5.89. The van der Waals surface area contributed by atoms with Gasteiger partial charge in [-0.05, 0) is 29.7 Å². The number of rotatable bonds is 6. The molecule has 7 nitrogen and oxygen atoms in total. The number of fused-ring (bicyclic) bond motifs is 1. The van der Waals surface area contributed by atoms with E-state index >= 15 is 0 Å². The van der Waals surface area contributed by atoms with Crippen LogP contribution in [-0.4, -0.2) is 26.7 Å². The van der Waals surface area contributed by atoms with Crippen LogP contribution < -0.4 is 21.2 Å².